The van der Waals surface area contributed by atoms with Crippen LogP contribution in [0.3, 0.4) is 0 Å². The first kappa shape index (κ1) is 16.1. The van der Waals surface area contributed by atoms with Crippen LogP contribution in [-0.2, 0) is 14.9 Å². The van der Waals surface area contributed by atoms with E-state index in [1.54, 1.807) is 0 Å². The second kappa shape index (κ2) is 6.47. The van der Waals surface area contributed by atoms with Gasteiger partial charge in [-0.1, -0.05) is 19.3 Å². The molecule has 1 saturated carbocycles. The summed E-state index contributed by atoms with van der Waals surface area (Å²) >= 11 is 0. The molecule has 1 amide bonds. The Morgan fingerprint density at radius 3 is 2.42 bits per heavy atom. The third kappa shape index (κ3) is 5.27. The maximum Gasteiger partial charge on any atom is 0.407 e. The van der Waals surface area contributed by atoms with Gasteiger partial charge in [-0.25, -0.2) is 13.2 Å². The van der Waals surface area contributed by atoms with Crippen LogP contribution < -0.4 is 5.32 Å². The molecule has 0 aliphatic heterocycles. The van der Waals surface area contributed by atoms with Crippen LogP contribution in [0.5, 0.6) is 0 Å². The molecule has 1 aliphatic rings. The minimum Gasteiger partial charge on any atom is -0.743 e. The Balaban J connectivity index is 2.28. The first-order valence-corrected chi connectivity index (χ1v) is 7.37. The van der Waals surface area contributed by atoms with E-state index < -0.39 is 28.1 Å². The summed E-state index contributed by atoms with van der Waals surface area (Å²) in [5, 5.41) is -2.32. The number of hydrogen-bond acceptors (Lipinski definition) is 5. The van der Waals surface area contributed by atoms with Gasteiger partial charge >= 0.3 is 11.3 Å². The molecule has 9 heteroatoms. The highest BCUT2D eigenvalue weighted by atomic mass is 32.2. The Hall–Kier alpha value is -0.960. The molecule has 1 rings (SSSR count). The molecule has 0 aromatic heterocycles. The minimum atomic E-state index is -5.82. The molecule has 1 aliphatic carbocycles. The van der Waals surface area contributed by atoms with E-state index in [0.29, 0.717) is 6.54 Å². The van der Waals surface area contributed by atoms with E-state index in [2.05, 4.69) is 10.1 Å². The largest absolute Gasteiger partial charge is 0.743 e. The molecule has 0 spiro atoms. The Bertz CT molecular complexity index is 406. The molecule has 0 atom stereocenters. The maximum atomic E-state index is 12.7. The highest BCUT2D eigenvalue weighted by Gasteiger charge is 2.39. The lowest BCUT2D eigenvalue weighted by Crippen LogP contribution is -2.38. The van der Waals surface area contributed by atoms with Gasteiger partial charge in [0.1, 0.15) is 0 Å². The summed E-state index contributed by atoms with van der Waals surface area (Å²) in [6, 6.07) is 0. The van der Waals surface area contributed by atoms with Crippen molar-refractivity contribution in [2.24, 2.45) is 5.92 Å². The highest BCUT2D eigenvalue weighted by Crippen LogP contribution is 2.23. The summed E-state index contributed by atoms with van der Waals surface area (Å²) in [5.41, 5.74) is 0. The monoisotopic (exact) mass is 300 g/mol. The Labute approximate surface area is 110 Å². The summed E-state index contributed by atoms with van der Waals surface area (Å²) in [6.45, 7) is -1.47. The van der Waals surface area contributed by atoms with Gasteiger partial charge in [0, 0.05) is 6.54 Å². The normalized spacial score (nSPS) is 18.1. The smallest absolute Gasteiger partial charge is 0.407 e. The molecule has 0 heterocycles. The zero-order valence-electron chi connectivity index (χ0n) is 10.2. The average molecular weight is 300 g/mol. The van der Waals surface area contributed by atoms with Crippen LogP contribution in [0.1, 0.15) is 32.1 Å². The average Bonchev–Trinajstić information content (AvgIpc) is 2.34. The van der Waals surface area contributed by atoms with Crippen LogP contribution in [0.25, 0.3) is 0 Å². The lowest BCUT2D eigenvalue weighted by molar-refractivity contribution is 0.00639. The topological polar surface area (TPSA) is 95.5 Å². The standard InChI is InChI=1S/C10H17F2NO5S/c11-10(12,19(15,16)17)7-18-9(14)13-6-8-4-2-1-3-5-8/h8H,1-7H2,(H,13,14)(H,15,16,17)/p-1. The Morgan fingerprint density at radius 1 is 1.32 bits per heavy atom. The molecule has 0 aromatic rings. The second-order valence-corrected chi connectivity index (χ2v) is 6.06. The van der Waals surface area contributed by atoms with Gasteiger partial charge in [0.2, 0.25) is 0 Å². The van der Waals surface area contributed by atoms with Gasteiger partial charge < -0.3 is 14.6 Å². The number of alkyl carbamates (subject to hydrolysis) is 1. The van der Waals surface area contributed by atoms with Crippen molar-refractivity contribution in [2.45, 2.75) is 37.4 Å². The van der Waals surface area contributed by atoms with Crippen LogP contribution in [0.4, 0.5) is 13.6 Å². The molecule has 1 N–H and O–H groups in total. The number of rotatable bonds is 5. The van der Waals surface area contributed by atoms with Gasteiger partial charge in [-0.2, -0.15) is 8.78 Å². The van der Waals surface area contributed by atoms with Crippen LogP contribution in [0, 0.1) is 5.92 Å². The zero-order valence-corrected chi connectivity index (χ0v) is 11.0. The van der Waals surface area contributed by atoms with Crippen molar-refractivity contribution in [3.63, 3.8) is 0 Å². The van der Waals surface area contributed by atoms with E-state index in [9.17, 15) is 26.5 Å². The number of ether oxygens (including phenoxy) is 1. The minimum absolute atomic E-state index is 0.282. The summed E-state index contributed by atoms with van der Waals surface area (Å²) in [5.74, 6) is 0.282. The molecule has 0 saturated heterocycles. The number of hydrogen-bond donors (Lipinski definition) is 1. The first-order valence-electron chi connectivity index (χ1n) is 5.96. The molecule has 0 aromatic carbocycles. The van der Waals surface area contributed by atoms with Gasteiger partial charge in [0.25, 0.3) is 0 Å². The van der Waals surface area contributed by atoms with E-state index in [0.717, 1.165) is 32.1 Å². The fourth-order valence-electron chi connectivity index (χ4n) is 1.89. The zero-order chi connectivity index (χ0) is 14.5. The van der Waals surface area contributed by atoms with Crippen molar-refractivity contribution < 1.29 is 31.3 Å². The lowest BCUT2D eigenvalue weighted by atomic mass is 9.89. The number of alkyl halides is 2. The predicted molar refractivity (Wildman–Crippen MR) is 60.6 cm³/mol. The molecule has 19 heavy (non-hydrogen) atoms. The third-order valence-electron chi connectivity index (χ3n) is 3.00. The van der Waals surface area contributed by atoms with E-state index in [-0.39, 0.29) is 5.92 Å². The van der Waals surface area contributed by atoms with Gasteiger partial charge in [-0.05, 0) is 18.8 Å². The van der Waals surface area contributed by atoms with Crippen molar-refractivity contribution in [3.8, 4) is 0 Å². The maximum absolute atomic E-state index is 12.7. The van der Waals surface area contributed by atoms with Crippen molar-refractivity contribution in [1.29, 1.82) is 0 Å². The van der Waals surface area contributed by atoms with Crippen molar-refractivity contribution in [1.82, 2.24) is 5.32 Å². The van der Waals surface area contributed by atoms with Gasteiger partial charge in [-0.3, -0.25) is 0 Å². The van der Waals surface area contributed by atoms with Crippen LogP contribution in [0.2, 0.25) is 0 Å². The first-order chi connectivity index (χ1) is 8.72. The highest BCUT2D eigenvalue weighted by molar-refractivity contribution is 7.86. The van der Waals surface area contributed by atoms with E-state index in [1.807, 2.05) is 0 Å². The van der Waals surface area contributed by atoms with Crippen LogP contribution in [0.15, 0.2) is 0 Å². The predicted octanol–water partition coefficient (Wildman–Crippen LogP) is 1.43. The molecule has 0 unspecified atom stereocenters. The van der Waals surface area contributed by atoms with E-state index in [1.165, 1.54) is 0 Å². The summed E-state index contributed by atoms with van der Waals surface area (Å²) < 4.78 is 59.9. The van der Waals surface area contributed by atoms with Gasteiger partial charge in [0.05, 0.1) is 0 Å². The molecular weight excluding hydrogens is 284 g/mol. The number of carbonyl (C=O) groups excluding carboxylic acids is 1. The summed E-state index contributed by atoms with van der Waals surface area (Å²) in [6.07, 6.45) is 4.03. The molecule has 112 valence electrons. The fraction of sp³-hybridized carbons (Fsp3) is 0.900. The second-order valence-electron chi connectivity index (χ2n) is 4.55. The third-order valence-corrected chi connectivity index (χ3v) is 3.85. The molecule has 0 radical (unpaired) electrons. The van der Waals surface area contributed by atoms with E-state index >= 15 is 0 Å². The molecule has 6 nitrogen and oxygen atoms in total. The van der Waals surface area contributed by atoms with Crippen molar-refractivity contribution in [3.05, 3.63) is 0 Å². The number of nitrogens with one attached hydrogen (secondary N) is 1. The van der Waals surface area contributed by atoms with Crippen LogP contribution >= 0.6 is 0 Å². The number of carbonyl (C=O) groups is 1. The lowest BCUT2D eigenvalue weighted by Gasteiger charge is -2.22. The van der Waals surface area contributed by atoms with Crippen LogP contribution in [-0.4, -0.2) is 37.5 Å². The molecule has 0 bridgehead atoms. The van der Waals surface area contributed by atoms with Crippen molar-refractivity contribution in [2.75, 3.05) is 13.2 Å². The molecule has 1 fully saturated rings. The Morgan fingerprint density at radius 2 is 1.89 bits per heavy atom. The Kier molecular flexibility index (Phi) is 5.48. The quantitative estimate of drug-likeness (QED) is 0.775. The van der Waals surface area contributed by atoms with Gasteiger partial charge in [0.15, 0.2) is 16.7 Å². The molecular formula is C10H16F2NO5S-. The fourth-order valence-corrected chi connectivity index (χ4v) is 2.09. The van der Waals surface area contributed by atoms with E-state index in [4.69, 9.17) is 0 Å². The summed E-state index contributed by atoms with van der Waals surface area (Å²) in [4.78, 5) is 11.1. The van der Waals surface area contributed by atoms with Gasteiger partial charge in [-0.15, -0.1) is 0 Å². The SMILES string of the molecule is O=C(NCC1CCCCC1)OCC(F)(F)S(=O)(=O)[O-]. The van der Waals surface area contributed by atoms with Crippen molar-refractivity contribution >= 4 is 16.2 Å². The summed E-state index contributed by atoms with van der Waals surface area (Å²) in [7, 11) is -5.82. The number of amides is 1. The number of halogens is 2.